The van der Waals surface area contributed by atoms with E-state index in [2.05, 4.69) is 93.7 Å². The summed E-state index contributed by atoms with van der Waals surface area (Å²) in [5.74, 6) is -0.922. The van der Waals surface area contributed by atoms with Crippen LogP contribution in [0.5, 0.6) is 0 Å². The van der Waals surface area contributed by atoms with E-state index in [0.29, 0.717) is 19.3 Å². The fraction of sp³-hybridized carbons (Fsp3) is 0.706. The Morgan fingerprint density at radius 2 is 0.684 bits per heavy atom. The maximum atomic E-state index is 12.6. The van der Waals surface area contributed by atoms with Crippen molar-refractivity contribution in [3.8, 4) is 0 Å². The second-order valence-corrected chi connectivity index (χ2v) is 15.3. The predicted molar refractivity (Wildman–Crippen MR) is 242 cm³/mol. The minimum Gasteiger partial charge on any atom is -0.462 e. The summed E-state index contributed by atoms with van der Waals surface area (Å²) in [6.07, 6.45) is 56.2. The van der Waals surface area contributed by atoms with Crippen molar-refractivity contribution in [2.24, 2.45) is 0 Å². The third-order valence-corrected chi connectivity index (χ3v) is 9.73. The molecule has 57 heavy (non-hydrogen) atoms. The van der Waals surface area contributed by atoms with Crippen molar-refractivity contribution in [2.45, 2.75) is 219 Å². The van der Waals surface area contributed by atoms with Crippen LogP contribution in [-0.2, 0) is 28.6 Å². The highest BCUT2D eigenvalue weighted by atomic mass is 16.6. The van der Waals surface area contributed by atoms with E-state index in [4.69, 9.17) is 14.2 Å². The molecule has 326 valence electrons. The molecule has 0 aromatic heterocycles. The minimum atomic E-state index is -0.778. The Morgan fingerprint density at radius 1 is 0.368 bits per heavy atom. The molecule has 0 radical (unpaired) electrons. The van der Waals surface area contributed by atoms with Gasteiger partial charge in [0, 0.05) is 19.3 Å². The fourth-order valence-corrected chi connectivity index (χ4v) is 6.21. The normalized spacial score (nSPS) is 12.7. The number of carbonyl (C=O) groups is 3. The van der Waals surface area contributed by atoms with Crippen molar-refractivity contribution in [3.63, 3.8) is 0 Å². The second kappa shape index (κ2) is 45.6. The van der Waals surface area contributed by atoms with E-state index < -0.39 is 6.10 Å². The number of carbonyl (C=O) groups excluding carboxylic acids is 3. The molecule has 0 N–H and O–H groups in total. The van der Waals surface area contributed by atoms with Crippen LogP contribution in [-0.4, -0.2) is 37.2 Å². The highest BCUT2D eigenvalue weighted by Gasteiger charge is 2.19. The lowest BCUT2D eigenvalue weighted by atomic mass is 10.1. The first-order chi connectivity index (χ1) is 28.0. The summed E-state index contributed by atoms with van der Waals surface area (Å²) in [5, 5.41) is 0. The van der Waals surface area contributed by atoms with Gasteiger partial charge in [0.1, 0.15) is 13.2 Å². The molecule has 0 saturated heterocycles. The monoisotopic (exact) mass is 795 g/mol. The predicted octanol–water partition coefficient (Wildman–Crippen LogP) is 15.1. The van der Waals surface area contributed by atoms with Crippen LogP contribution in [0.1, 0.15) is 213 Å². The zero-order chi connectivity index (χ0) is 41.5. The summed E-state index contributed by atoms with van der Waals surface area (Å²) >= 11 is 0. The molecule has 0 amide bonds. The van der Waals surface area contributed by atoms with Crippen molar-refractivity contribution in [2.75, 3.05) is 13.2 Å². The van der Waals surface area contributed by atoms with E-state index in [9.17, 15) is 14.4 Å². The van der Waals surface area contributed by atoms with Crippen molar-refractivity contribution in [3.05, 3.63) is 72.9 Å². The van der Waals surface area contributed by atoms with Crippen molar-refractivity contribution in [1.82, 2.24) is 0 Å². The quantitative estimate of drug-likeness (QED) is 0.0265. The molecule has 0 fully saturated rings. The second-order valence-electron chi connectivity index (χ2n) is 15.3. The molecule has 6 nitrogen and oxygen atoms in total. The average Bonchev–Trinajstić information content (AvgIpc) is 3.21. The lowest BCUT2D eigenvalue weighted by Crippen LogP contribution is -2.30. The SMILES string of the molecule is CC/C=C\C/C=C\C/C=C\C/C=C\C/C=C\C/C=C\CCCCCCC(=O)OCC(COC(=O)CCCCCCCCC)OC(=O)CCCCCCCCCCC. The number of ether oxygens (including phenoxy) is 3. The first-order valence-corrected chi connectivity index (χ1v) is 23.4. The molecule has 0 bridgehead atoms. The van der Waals surface area contributed by atoms with Gasteiger partial charge >= 0.3 is 17.9 Å². The average molecular weight is 795 g/mol. The first-order valence-electron chi connectivity index (χ1n) is 23.4. The van der Waals surface area contributed by atoms with Gasteiger partial charge in [-0.25, -0.2) is 0 Å². The Hall–Kier alpha value is -3.15. The number of hydrogen-bond donors (Lipinski definition) is 0. The largest absolute Gasteiger partial charge is 0.462 e. The van der Waals surface area contributed by atoms with Crippen LogP contribution in [0, 0.1) is 0 Å². The van der Waals surface area contributed by atoms with Crippen molar-refractivity contribution in [1.29, 1.82) is 0 Å². The van der Waals surface area contributed by atoms with Crippen LogP contribution in [0.15, 0.2) is 72.9 Å². The molecular formula is C51H86O6. The smallest absolute Gasteiger partial charge is 0.306 e. The van der Waals surface area contributed by atoms with Gasteiger partial charge < -0.3 is 14.2 Å². The van der Waals surface area contributed by atoms with E-state index in [-0.39, 0.29) is 31.1 Å². The van der Waals surface area contributed by atoms with Gasteiger partial charge in [-0.3, -0.25) is 14.4 Å². The Bertz CT molecular complexity index is 1100. The number of allylic oxidation sites excluding steroid dienone is 12. The maximum Gasteiger partial charge on any atom is 0.306 e. The van der Waals surface area contributed by atoms with Gasteiger partial charge in [0.25, 0.3) is 0 Å². The van der Waals surface area contributed by atoms with Gasteiger partial charge in [-0.05, 0) is 70.6 Å². The molecule has 0 rings (SSSR count). The molecule has 1 unspecified atom stereocenters. The third kappa shape index (κ3) is 43.8. The fourth-order valence-electron chi connectivity index (χ4n) is 6.21. The van der Waals surface area contributed by atoms with E-state index >= 15 is 0 Å². The molecule has 0 aromatic carbocycles. The highest BCUT2D eigenvalue weighted by Crippen LogP contribution is 2.13. The van der Waals surface area contributed by atoms with Crippen LogP contribution in [0.25, 0.3) is 0 Å². The van der Waals surface area contributed by atoms with Gasteiger partial charge in [0.15, 0.2) is 6.10 Å². The van der Waals surface area contributed by atoms with Crippen molar-refractivity contribution < 1.29 is 28.6 Å². The van der Waals surface area contributed by atoms with Crippen LogP contribution < -0.4 is 0 Å². The molecule has 0 aliphatic heterocycles. The van der Waals surface area contributed by atoms with Gasteiger partial charge in [-0.1, -0.05) is 196 Å². The summed E-state index contributed by atoms with van der Waals surface area (Å²) in [6.45, 7) is 6.42. The van der Waals surface area contributed by atoms with Crippen LogP contribution in [0.2, 0.25) is 0 Å². The van der Waals surface area contributed by atoms with Crippen LogP contribution in [0.3, 0.4) is 0 Å². The molecule has 0 saturated carbocycles. The van der Waals surface area contributed by atoms with E-state index in [1.807, 2.05) is 0 Å². The van der Waals surface area contributed by atoms with Gasteiger partial charge in [0.2, 0.25) is 0 Å². The zero-order valence-electron chi connectivity index (χ0n) is 37.1. The maximum absolute atomic E-state index is 12.6. The number of esters is 3. The lowest BCUT2D eigenvalue weighted by molar-refractivity contribution is -0.167. The van der Waals surface area contributed by atoms with Crippen LogP contribution >= 0.6 is 0 Å². The van der Waals surface area contributed by atoms with Gasteiger partial charge in [-0.2, -0.15) is 0 Å². The first kappa shape index (κ1) is 53.9. The highest BCUT2D eigenvalue weighted by molar-refractivity contribution is 5.71. The van der Waals surface area contributed by atoms with Crippen LogP contribution in [0.4, 0.5) is 0 Å². The summed E-state index contributed by atoms with van der Waals surface area (Å²) < 4.78 is 16.6. The standard InChI is InChI=1S/C51H86O6/c1-4-7-10-13-16-18-19-20-21-22-23-24-25-26-27-28-29-30-31-33-35-38-41-44-50(53)56-47-48(46-55-49(52)43-40-37-34-15-12-9-6-3)57-51(54)45-42-39-36-32-17-14-11-8-5-2/h7,10,16,18,20-21,23-24,26-27,29-30,48H,4-6,8-9,11-15,17,19,22,25,28,31-47H2,1-3H3/b10-7-,18-16-,21-20-,24-23-,27-26-,30-29-. The number of unbranched alkanes of at least 4 members (excludes halogenated alkanes) is 18. The summed E-state index contributed by atoms with van der Waals surface area (Å²) in [6, 6.07) is 0. The van der Waals surface area contributed by atoms with E-state index in [1.165, 1.54) is 64.2 Å². The molecule has 0 aliphatic carbocycles. The van der Waals surface area contributed by atoms with E-state index in [1.54, 1.807) is 0 Å². The topological polar surface area (TPSA) is 78.9 Å². The van der Waals surface area contributed by atoms with Gasteiger partial charge in [0.05, 0.1) is 0 Å². The molecule has 1 atom stereocenters. The number of hydrogen-bond acceptors (Lipinski definition) is 6. The Morgan fingerprint density at radius 3 is 1.07 bits per heavy atom. The Kier molecular flexibility index (Phi) is 43.0. The molecular weight excluding hydrogens is 709 g/mol. The summed E-state index contributed by atoms with van der Waals surface area (Å²) in [4.78, 5) is 37.5. The zero-order valence-corrected chi connectivity index (χ0v) is 37.1. The van der Waals surface area contributed by atoms with E-state index in [0.717, 1.165) is 109 Å². The minimum absolute atomic E-state index is 0.0826. The Balaban J connectivity index is 4.25. The molecule has 0 heterocycles. The summed E-state index contributed by atoms with van der Waals surface area (Å²) in [7, 11) is 0. The third-order valence-electron chi connectivity index (χ3n) is 9.73. The number of rotatable bonds is 41. The molecule has 0 aliphatic rings. The molecule has 0 spiro atoms. The Labute approximate surface area is 351 Å². The molecule has 6 heteroatoms. The summed E-state index contributed by atoms with van der Waals surface area (Å²) in [5.41, 5.74) is 0. The molecule has 0 aromatic rings. The van der Waals surface area contributed by atoms with Crippen molar-refractivity contribution >= 4 is 17.9 Å². The van der Waals surface area contributed by atoms with Gasteiger partial charge in [-0.15, -0.1) is 0 Å². The lowest BCUT2D eigenvalue weighted by Gasteiger charge is -2.18.